The lowest BCUT2D eigenvalue weighted by atomic mass is 9.96. The van der Waals surface area contributed by atoms with E-state index in [2.05, 4.69) is 9.97 Å². The van der Waals surface area contributed by atoms with Crippen LogP contribution in [0.25, 0.3) is 16.7 Å². The van der Waals surface area contributed by atoms with E-state index in [0.29, 0.717) is 18.5 Å². The number of hydrogen-bond donors (Lipinski definition) is 2. The molecule has 3 heterocycles. The number of likely N-dealkylation sites (tertiary alicyclic amines) is 1. The Morgan fingerprint density at radius 1 is 1.17 bits per heavy atom. The van der Waals surface area contributed by atoms with Crippen molar-refractivity contribution in [3.8, 4) is 0 Å². The maximum Gasteiger partial charge on any atom is 0.295 e. The van der Waals surface area contributed by atoms with Gasteiger partial charge >= 0.3 is 0 Å². The molecular formula is C23H24N4O3. The van der Waals surface area contributed by atoms with Gasteiger partial charge in [-0.3, -0.25) is 14.6 Å². The number of pyridine rings is 1. The summed E-state index contributed by atoms with van der Waals surface area (Å²) in [7, 11) is 3.93. The van der Waals surface area contributed by atoms with Crippen molar-refractivity contribution in [1.82, 2.24) is 19.8 Å². The predicted molar refractivity (Wildman–Crippen MR) is 115 cm³/mol. The fraction of sp³-hybridized carbons (Fsp3) is 0.261. The zero-order valence-electron chi connectivity index (χ0n) is 17.0. The Labute approximate surface area is 174 Å². The minimum atomic E-state index is -0.663. The van der Waals surface area contributed by atoms with E-state index in [0.717, 1.165) is 23.0 Å². The normalized spacial score (nSPS) is 18.6. The molecule has 1 aliphatic rings. The Morgan fingerprint density at radius 2 is 1.90 bits per heavy atom. The fourth-order valence-electron chi connectivity index (χ4n) is 3.97. The molecule has 30 heavy (non-hydrogen) atoms. The maximum absolute atomic E-state index is 13.0. The summed E-state index contributed by atoms with van der Waals surface area (Å²) in [6.45, 7) is 1.20. The van der Waals surface area contributed by atoms with Gasteiger partial charge < -0.3 is 19.9 Å². The molecule has 0 radical (unpaired) electrons. The number of aliphatic hydroxyl groups is 1. The molecule has 1 fully saturated rings. The standard InChI is InChI=1S/C23H24N4O3/c1-26(2)12-5-13-27-20(15-8-10-24-11-9-15)19(22(29)23(27)30)21(28)17-14-25-18-7-4-3-6-16(17)18/h3-4,6-11,14,20,25,28H,5,12-13H2,1-2H3/t20-/m0/s1. The summed E-state index contributed by atoms with van der Waals surface area (Å²) in [4.78, 5) is 36.7. The fourth-order valence-corrected chi connectivity index (χ4v) is 3.97. The van der Waals surface area contributed by atoms with Crippen molar-refractivity contribution in [3.63, 3.8) is 0 Å². The second-order valence-electron chi connectivity index (χ2n) is 7.68. The van der Waals surface area contributed by atoms with Crippen molar-refractivity contribution >= 4 is 28.4 Å². The number of H-pyrrole nitrogens is 1. The molecule has 0 spiro atoms. The second kappa shape index (κ2) is 8.12. The van der Waals surface area contributed by atoms with Crippen LogP contribution in [0.2, 0.25) is 0 Å². The molecule has 154 valence electrons. The number of amides is 1. The lowest BCUT2D eigenvalue weighted by Crippen LogP contribution is -2.32. The van der Waals surface area contributed by atoms with Crippen LogP contribution in [-0.2, 0) is 9.59 Å². The highest BCUT2D eigenvalue weighted by Crippen LogP contribution is 2.40. The van der Waals surface area contributed by atoms with E-state index in [1.165, 1.54) is 0 Å². The Balaban J connectivity index is 1.83. The SMILES string of the molecule is CN(C)CCCN1C(=O)C(=O)C(=C(O)c2c[nH]c3ccccc23)[C@@H]1c1ccncc1. The van der Waals surface area contributed by atoms with Gasteiger partial charge in [0.2, 0.25) is 0 Å². The van der Waals surface area contributed by atoms with Gasteiger partial charge in [0.25, 0.3) is 11.7 Å². The van der Waals surface area contributed by atoms with Crippen LogP contribution in [0.15, 0.2) is 60.6 Å². The first-order valence-corrected chi connectivity index (χ1v) is 9.88. The van der Waals surface area contributed by atoms with Gasteiger partial charge in [-0.1, -0.05) is 18.2 Å². The van der Waals surface area contributed by atoms with Crippen LogP contribution in [0.1, 0.15) is 23.6 Å². The molecule has 7 heteroatoms. The molecule has 0 unspecified atom stereocenters. The Hall–Kier alpha value is -3.45. The van der Waals surface area contributed by atoms with Crippen LogP contribution in [0, 0.1) is 0 Å². The molecule has 1 aliphatic heterocycles. The lowest BCUT2D eigenvalue weighted by molar-refractivity contribution is -0.139. The van der Waals surface area contributed by atoms with Crippen LogP contribution < -0.4 is 0 Å². The number of aromatic nitrogens is 2. The van der Waals surface area contributed by atoms with E-state index in [9.17, 15) is 14.7 Å². The molecule has 1 saturated heterocycles. The van der Waals surface area contributed by atoms with E-state index in [1.807, 2.05) is 43.3 Å². The number of ketones is 1. The molecule has 1 amide bonds. The van der Waals surface area contributed by atoms with Crippen LogP contribution in [-0.4, -0.2) is 63.7 Å². The summed E-state index contributed by atoms with van der Waals surface area (Å²) in [5, 5.41) is 12.0. The number of benzene rings is 1. The van der Waals surface area contributed by atoms with Crippen molar-refractivity contribution in [2.75, 3.05) is 27.2 Å². The summed E-state index contributed by atoms with van der Waals surface area (Å²) in [6, 6.07) is 10.4. The van der Waals surface area contributed by atoms with Crippen molar-refractivity contribution in [1.29, 1.82) is 0 Å². The largest absolute Gasteiger partial charge is 0.507 e. The third kappa shape index (κ3) is 3.48. The van der Waals surface area contributed by atoms with E-state index >= 15 is 0 Å². The van der Waals surface area contributed by atoms with E-state index in [-0.39, 0.29) is 11.3 Å². The summed E-state index contributed by atoms with van der Waals surface area (Å²) in [5.74, 6) is -1.41. The predicted octanol–water partition coefficient (Wildman–Crippen LogP) is 2.94. The summed E-state index contributed by atoms with van der Waals surface area (Å²) < 4.78 is 0. The highest BCUT2D eigenvalue weighted by atomic mass is 16.3. The summed E-state index contributed by atoms with van der Waals surface area (Å²) in [5.41, 5.74) is 2.21. The third-order valence-electron chi connectivity index (χ3n) is 5.41. The Bertz CT molecular complexity index is 1120. The molecule has 7 nitrogen and oxygen atoms in total. The number of nitrogens with zero attached hydrogens (tertiary/aromatic N) is 3. The molecule has 1 atom stereocenters. The molecule has 3 aromatic rings. The maximum atomic E-state index is 13.0. The molecule has 0 aliphatic carbocycles. The van der Waals surface area contributed by atoms with Crippen molar-refractivity contribution in [2.24, 2.45) is 0 Å². The lowest BCUT2D eigenvalue weighted by Gasteiger charge is -2.25. The first-order valence-electron chi connectivity index (χ1n) is 9.88. The van der Waals surface area contributed by atoms with Crippen LogP contribution >= 0.6 is 0 Å². The highest BCUT2D eigenvalue weighted by molar-refractivity contribution is 6.46. The van der Waals surface area contributed by atoms with Gasteiger partial charge in [0.15, 0.2) is 0 Å². The molecule has 0 bridgehead atoms. The highest BCUT2D eigenvalue weighted by Gasteiger charge is 2.46. The molecule has 1 aromatic carbocycles. The van der Waals surface area contributed by atoms with Crippen LogP contribution in [0.4, 0.5) is 0 Å². The smallest absolute Gasteiger partial charge is 0.295 e. The minimum absolute atomic E-state index is 0.112. The topological polar surface area (TPSA) is 89.5 Å². The van der Waals surface area contributed by atoms with Crippen molar-refractivity contribution in [3.05, 3.63) is 71.7 Å². The zero-order valence-corrected chi connectivity index (χ0v) is 17.0. The number of Topliss-reactive ketones (excluding diaryl/α,β-unsaturated/α-hetero) is 1. The molecule has 0 saturated carbocycles. The van der Waals surface area contributed by atoms with Crippen LogP contribution in [0.5, 0.6) is 0 Å². The Morgan fingerprint density at radius 3 is 2.63 bits per heavy atom. The number of carbonyl (C=O) groups is 2. The number of hydrogen-bond acceptors (Lipinski definition) is 5. The van der Waals surface area contributed by atoms with Gasteiger partial charge in [-0.25, -0.2) is 0 Å². The molecule has 4 rings (SSSR count). The second-order valence-corrected chi connectivity index (χ2v) is 7.68. The van der Waals surface area contributed by atoms with Gasteiger partial charge in [-0.2, -0.15) is 0 Å². The number of nitrogens with one attached hydrogen (secondary N) is 1. The van der Waals surface area contributed by atoms with Gasteiger partial charge in [0.05, 0.1) is 11.6 Å². The monoisotopic (exact) mass is 404 g/mol. The number of para-hydroxylation sites is 1. The van der Waals surface area contributed by atoms with E-state index < -0.39 is 17.7 Å². The number of aliphatic hydroxyl groups excluding tert-OH is 1. The number of aromatic amines is 1. The Kier molecular flexibility index (Phi) is 5.37. The minimum Gasteiger partial charge on any atom is -0.507 e. The molecule has 2 N–H and O–H groups in total. The number of fused-ring (bicyclic) bond motifs is 1. The summed E-state index contributed by atoms with van der Waals surface area (Å²) >= 11 is 0. The quantitative estimate of drug-likeness (QED) is 0.375. The number of rotatable bonds is 6. The molecule has 2 aromatic heterocycles. The van der Waals surface area contributed by atoms with E-state index in [4.69, 9.17) is 0 Å². The van der Waals surface area contributed by atoms with Gasteiger partial charge in [0, 0.05) is 41.6 Å². The van der Waals surface area contributed by atoms with Crippen molar-refractivity contribution in [2.45, 2.75) is 12.5 Å². The van der Waals surface area contributed by atoms with Gasteiger partial charge in [-0.15, -0.1) is 0 Å². The first-order chi connectivity index (χ1) is 14.5. The summed E-state index contributed by atoms with van der Waals surface area (Å²) in [6.07, 6.45) is 5.64. The first kappa shape index (κ1) is 19.8. The van der Waals surface area contributed by atoms with Crippen LogP contribution in [0.3, 0.4) is 0 Å². The average molecular weight is 404 g/mol. The van der Waals surface area contributed by atoms with Gasteiger partial charge in [0.1, 0.15) is 5.76 Å². The average Bonchev–Trinajstić information content (AvgIpc) is 3.28. The third-order valence-corrected chi connectivity index (χ3v) is 5.41. The van der Waals surface area contributed by atoms with Gasteiger partial charge in [-0.05, 0) is 50.8 Å². The van der Waals surface area contributed by atoms with E-state index in [1.54, 1.807) is 35.6 Å². The van der Waals surface area contributed by atoms with Crippen molar-refractivity contribution < 1.29 is 14.7 Å². The molecular weight excluding hydrogens is 380 g/mol. The zero-order chi connectivity index (χ0) is 21.3. The number of carbonyl (C=O) groups excluding carboxylic acids is 2.